The highest BCUT2D eigenvalue weighted by atomic mass is 35.5. The first-order valence-electron chi connectivity index (χ1n) is 8.32. The van der Waals surface area contributed by atoms with E-state index < -0.39 is 4.92 Å². The minimum atomic E-state index is -0.538. The molecule has 1 amide bonds. The monoisotopic (exact) mass is 358 g/mol. The number of carbonyl (C=O) groups excluding carboxylic acids is 1. The van der Waals surface area contributed by atoms with Gasteiger partial charge in [-0.3, -0.25) is 14.9 Å². The fraction of sp³-hybridized carbons (Fsp3) is 0.316. The summed E-state index contributed by atoms with van der Waals surface area (Å²) in [4.78, 5) is 22.7. The molecule has 2 aromatic rings. The molecular weight excluding hydrogens is 340 g/mol. The third-order valence-corrected chi connectivity index (χ3v) is 4.94. The molecule has 1 atom stereocenters. The maximum Gasteiger partial charge on any atom is 0.270 e. The predicted octanol–water partition coefficient (Wildman–Crippen LogP) is 4.62. The molecule has 0 saturated heterocycles. The molecular formula is C19H19ClN2O3. The van der Waals surface area contributed by atoms with Gasteiger partial charge in [-0.05, 0) is 55.4 Å². The molecule has 1 aliphatic rings. The highest BCUT2D eigenvalue weighted by molar-refractivity contribution is 6.34. The summed E-state index contributed by atoms with van der Waals surface area (Å²) in [5, 5.41) is 13.7. The van der Waals surface area contributed by atoms with Crippen molar-refractivity contribution < 1.29 is 9.72 Å². The van der Waals surface area contributed by atoms with E-state index >= 15 is 0 Å². The van der Waals surface area contributed by atoms with Crippen LogP contribution in [0.25, 0.3) is 0 Å². The smallest absolute Gasteiger partial charge is 0.270 e. The van der Waals surface area contributed by atoms with Crippen molar-refractivity contribution in [2.75, 3.05) is 0 Å². The largest absolute Gasteiger partial charge is 0.345 e. The predicted molar refractivity (Wildman–Crippen MR) is 97.1 cm³/mol. The summed E-state index contributed by atoms with van der Waals surface area (Å²) in [7, 11) is 0. The molecule has 3 rings (SSSR count). The number of nitro groups is 1. The van der Waals surface area contributed by atoms with Gasteiger partial charge < -0.3 is 5.32 Å². The number of aryl methyl sites for hydroxylation is 2. The van der Waals surface area contributed by atoms with Gasteiger partial charge >= 0.3 is 0 Å². The minimum Gasteiger partial charge on any atom is -0.345 e. The van der Waals surface area contributed by atoms with Gasteiger partial charge in [0.05, 0.1) is 21.6 Å². The topological polar surface area (TPSA) is 72.2 Å². The second-order valence-corrected chi connectivity index (χ2v) is 6.76. The van der Waals surface area contributed by atoms with Gasteiger partial charge in [-0.15, -0.1) is 0 Å². The van der Waals surface area contributed by atoms with Crippen molar-refractivity contribution in [3.05, 3.63) is 73.8 Å². The van der Waals surface area contributed by atoms with Gasteiger partial charge in [0, 0.05) is 12.1 Å². The summed E-state index contributed by atoms with van der Waals surface area (Å²) in [5.74, 6) is -0.342. The van der Waals surface area contributed by atoms with Gasteiger partial charge in [0.2, 0.25) is 0 Å². The molecule has 0 saturated carbocycles. The summed E-state index contributed by atoms with van der Waals surface area (Å²) in [6, 6.07) is 10.0. The lowest BCUT2D eigenvalue weighted by molar-refractivity contribution is -0.384. The zero-order valence-electron chi connectivity index (χ0n) is 13.9. The molecule has 1 aliphatic carbocycles. The molecule has 0 bridgehead atoms. The average molecular weight is 359 g/mol. The van der Waals surface area contributed by atoms with Crippen LogP contribution >= 0.6 is 11.6 Å². The van der Waals surface area contributed by atoms with E-state index in [1.165, 1.54) is 42.2 Å². The van der Waals surface area contributed by atoms with E-state index in [4.69, 9.17) is 11.6 Å². The number of non-ortho nitro benzene ring substituents is 1. The summed E-state index contributed by atoms with van der Waals surface area (Å²) in [5.41, 5.74) is 3.90. The van der Waals surface area contributed by atoms with E-state index in [1.54, 1.807) is 0 Å². The number of amides is 1. The first kappa shape index (κ1) is 17.4. The van der Waals surface area contributed by atoms with Gasteiger partial charge in [-0.1, -0.05) is 29.8 Å². The Morgan fingerprint density at radius 2 is 1.88 bits per heavy atom. The molecule has 25 heavy (non-hydrogen) atoms. The van der Waals surface area contributed by atoms with E-state index in [1.807, 2.05) is 13.0 Å². The Morgan fingerprint density at radius 3 is 2.56 bits per heavy atom. The highest BCUT2D eigenvalue weighted by Crippen LogP contribution is 2.26. The molecule has 2 aromatic carbocycles. The van der Waals surface area contributed by atoms with E-state index in [0.29, 0.717) is 0 Å². The van der Waals surface area contributed by atoms with E-state index in [0.717, 1.165) is 18.4 Å². The Bertz CT molecular complexity index is 835. The Hall–Kier alpha value is -2.40. The van der Waals surface area contributed by atoms with E-state index in [9.17, 15) is 14.9 Å². The lowest BCUT2D eigenvalue weighted by Gasteiger charge is -2.20. The van der Waals surface area contributed by atoms with Crippen LogP contribution in [0.2, 0.25) is 5.02 Å². The van der Waals surface area contributed by atoms with Crippen molar-refractivity contribution in [3.8, 4) is 0 Å². The number of carbonyl (C=O) groups is 1. The fourth-order valence-corrected chi connectivity index (χ4v) is 3.44. The van der Waals surface area contributed by atoms with Crippen LogP contribution in [0, 0.1) is 10.1 Å². The number of benzene rings is 2. The molecule has 1 N–H and O–H groups in total. The standard InChI is InChI=1S/C19H19ClN2O3/c1-12(14-7-6-13-4-2-3-5-15(13)10-14)21-19(23)17-9-8-16(22(24)25)11-18(17)20/h6-12H,2-5H2,1H3,(H,21,23)/t12-/m1/s1. The maximum absolute atomic E-state index is 12.5. The van der Waals surface area contributed by atoms with Crippen molar-refractivity contribution in [3.63, 3.8) is 0 Å². The number of nitrogens with zero attached hydrogens (tertiary/aromatic N) is 1. The van der Waals surface area contributed by atoms with Crippen LogP contribution in [0.1, 0.15) is 52.9 Å². The van der Waals surface area contributed by atoms with Gasteiger partial charge in [0.1, 0.15) is 0 Å². The van der Waals surface area contributed by atoms with Gasteiger partial charge in [-0.25, -0.2) is 0 Å². The number of halogens is 1. The van der Waals surface area contributed by atoms with Crippen LogP contribution in [0.5, 0.6) is 0 Å². The number of hydrogen-bond acceptors (Lipinski definition) is 3. The van der Waals surface area contributed by atoms with Crippen LogP contribution in [0.4, 0.5) is 5.69 Å². The summed E-state index contributed by atoms with van der Waals surface area (Å²) >= 11 is 6.03. The van der Waals surface area contributed by atoms with Crippen LogP contribution in [-0.4, -0.2) is 10.8 Å². The van der Waals surface area contributed by atoms with Gasteiger partial charge in [-0.2, -0.15) is 0 Å². The Kier molecular flexibility index (Phi) is 5.04. The molecule has 0 radical (unpaired) electrons. The third kappa shape index (κ3) is 3.82. The number of nitro benzene ring substituents is 1. The lowest BCUT2D eigenvalue weighted by atomic mass is 9.89. The Balaban J connectivity index is 1.75. The van der Waals surface area contributed by atoms with E-state index in [2.05, 4.69) is 17.4 Å². The molecule has 0 aromatic heterocycles. The minimum absolute atomic E-state index is 0.0735. The quantitative estimate of drug-likeness (QED) is 0.640. The zero-order chi connectivity index (χ0) is 18.0. The molecule has 130 valence electrons. The van der Waals surface area contributed by atoms with Crippen molar-refractivity contribution >= 4 is 23.2 Å². The average Bonchev–Trinajstić information content (AvgIpc) is 2.60. The summed E-state index contributed by atoms with van der Waals surface area (Å²) in [6.45, 7) is 1.92. The SMILES string of the molecule is C[C@@H](NC(=O)c1ccc([N+](=O)[O-])cc1Cl)c1ccc2c(c1)CCCC2. The lowest BCUT2D eigenvalue weighted by Crippen LogP contribution is -2.27. The Labute approximate surface area is 151 Å². The Morgan fingerprint density at radius 1 is 1.16 bits per heavy atom. The normalized spacial score (nSPS) is 14.5. The highest BCUT2D eigenvalue weighted by Gasteiger charge is 2.18. The number of hydrogen-bond donors (Lipinski definition) is 1. The molecule has 5 nitrogen and oxygen atoms in total. The molecule has 0 spiro atoms. The van der Waals surface area contributed by atoms with Crippen LogP contribution in [0.3, 0.4) is 0 Å². The summed E-state index contributed by atoms with van der Waals surface area (Å²) in [6.07, 6.45) is 4.64. The van der Waals surface area contributed by atoms with Crippen LogP contribution in [-0.2, 0) is 12.8 Å². The first-order valence-corrected chi connectivity index (χ1v) is 8.70. The van der Waals surface area contributed by atoms with E-state index in [-0.39, 0.29) is 28.2 Å². The second-order valence-electron chi connectivity index (χ2n) is 6.35. The van der Waals surface area contributed by atoms with Crippen molar-refractivity contribution in [2.24, 2.45) is 0 Å². The molecule has 0 heterocycles. The molecule has 6 heteroatoms. The fourth-order valence-electron chi connectivity index (χ4n) is 3.18. The van der Waals surface area contributed by atoms with Gasteiger partial charge in [0.15, 0.2) is 0 Å². The zero-order valence-corrected chi connectivity index (χ0v) is 14.7. The third-order valence-electron chi connectivity index (χ3n) is 4.63. The summed E-state index contributed by atoms with van der Waals surface area (Å²) < 4.78 is 0. The molecule has 0 fully saturated rings. The molecule has 0 aliphatic heterocycles. The second kappa shape index (κ2) is 7.23. The number of rotatable bonds is 4. The first-order chi connectivity index (χ1) is 12.0. The van der Waals surface area contributed by atoms with Gasteiger partial charge in [0.25, 0.3) is 11.6 Å². The van der Waals surface area contributed by atoms with Crippen molar-refractivity contribution in [1.29, 1.82) is 0 Å². The maximum atomic E-state index is 12.5. The van der Waals surface area contributed by atoms with Crippen molar-refractivity contribution in [1.82, 2.24) is 5.32 Å². The van der Waals surface area contributed by atoms with Crippen molar-refractivity contribution in [2.45, 2.75) is 38.6 Å². The molecule has 0 unspecified atom stereocenters. The number of nitrogens with one attached hydrogen (secondary N) is 1. The van der Waals surface area contributed by atoms with Crippen LogP contribution < -0.4 is 5.32 Å². The number of fused-ring (bicyclic) bond motifs is 1. The van der Waals surface area contributed by atoms with Crippen LogP contribution in [0.15, 0.2) is 36.4 Å².